The zero-order valence-electron chi connectivity index (χ0n) is 12.9. The van der Waals surface area contributed by atoms with E-state index < -0.39 is 0 Å². The fourth-order valence-corrected chi connectivity index (χ4v) is 3.63. The molecule has 0 spiro atoms. The molecule has 0 bridgehead atoms. The number of hydrogen-bond donors (Lipinski definition) is 0. The number of hydrogen-bond acceptors (Lipinski definition) is 3. The van der Waals surface area contributed by atoms with E-state index in [9.17, 15) is 4.79 Å². The van der Waals surface area contributed by atoms with Gasteiger partial charge in [-0.15, -0.1) is 0 Å². The van der Waals surface area contributed by atoms with Gasteiger partial charge < -0.3 is 14.4 Å². The Morgan fingerprint density at radius 3 is 2.68 bits per heavy atom. The molecule has 1 aromatic rings. The highest BCUT2D eigenvalue weighted by atomic mass is 35.5. The van der Waals surface area contributed by atoms with E-state index in [4.69, 9.17) is 21.1 Å². The summed E-state index contributed by atoms with van der Waals surface area (Å²) in [6.45, 7) is 3.73. The lowest BCUT2D eigenvalue weighted by Gasteiger charge is -2.34. The minimum absolute atomic E-state index is 0.0354. The summed E-state index contributed by atoms with van der Waals surface area (Å²) >= 11 is 6.25. The SMILES string of the molecule is CCN(C(=O)c1cc(Cl)c2c(c1)OCCO2)C1CCCCC1. The number of amides is 1. The van der Waals surface area contributed by atoms with Gasteiger partial charge in [0.25, 0.3) is 5.91 Å². The highest BCUT2D eigenvalue weighted by Gasteiger charge is 2.27. The molecule has 1 saturated carbocycles. The molecule has 1 aliphatic carbocycles. The zero-order valence-corrected chi connectivity index (χ0v) is 13.7. The van der Waals surface area contributed by atoms with Crippen LogP contribution in [0.5, 0.6) is 11.5 Å². The molecule has 3 rings (SSSR count). The number of fused-ring (bicyclic) bond motifs is 1. The molecule has 0 N–H and O–H groups in total. The summed E-state index contributed by atoms with van der Waals surface area (Å²) in [6, 6.07) is 3.80. The third-order valence-corrected chi connectivity index (χ3v) is 4.74. The minimum atomic E-state index is 0.0354. The Morgan fingerprint density at radius 2 is 1.95 bits per heavy atom. The Balaban J connectivity index is 1.85. The summed E-state index contributed by atoms with van der Waals surface area (Å²) in [7, 11) is 0. The van der Waals surface area contributed by atoms with Gasteiger partial charge in [0.2, 0.25) is 0 Å². The fraction of sp³-hybridized carbons (Fsp3) is 0.588. The van der Waals surface area contributed by atoms with Crippen LogP contribution < -0.4 is 9.47 Å². The van der Waals surface area contributed by atoms with Crippen molar-refractivity contribution >= 4 is 17.5 Å². The molecule has 0 radical (unpaired) electrons. The minimum Gasteiger partial charge on any atom is -0.486 e. The first-order chi connectivity index (χ1) is 10.7. The van der Waals surface area contributed by atoms with Crippen LogP contribution in [-0.2, 0) is 0 Å². The molecular weight excluding hydrogens is 302 g/mol. The van der Waals surface area contributed by atoms with Crippen LogP contribution in [0.15, 0.2) is 12.1 Å². The highest BCUT2D eigenvalue weighted by Crippen LogP contribution is 2.39. The van der Waals surface area contributed by atoms with Crippen molar-refractivity contribution in [3.8, 4) is 11.5 Å². The molecule has 0 unspecified atom stereocenters. The molecule has 1 aliphatic heterocycles. The quantitative estimate of drug-likeness (QED) is 0.846. The summed E-state index contributed by atoms with van der Waals surface area (Å²) in [5.41, 5.74) is 0.585. The van der Waals surface area contributed by atoms with Crippen molar-refractivity contribution in [2.24, 2.45) is 0 Å². The van der Waals surface area contributed by atoms with Crippen molar-refractivity contribution in [3.05, 3.63) is 22.7 Å². The summed E-state index contributed by atoms with van der Waals surface area (Å²) in [4.78, 5) is 14.9. The second-order valence-electron chi connectivity index (χ2n) is 5.87. The van der Waals surface area contributed by atoms with E-state index in [0.29, 0.717) is 41.3 Å². The first-order valence-corrected chi connectivity index (χ1v) is 8.48. The Kier molecular flexibility index (Phi) is 4.77. The van der Waals surface area contributed by atoms with Crippen LogP contribution >= 0.6 is 11.6 Å². The van der Waals surface area contributed by atoms with Crippen LogP contribution in [0.3, 0.4) is 0 Å². The van der Waals surface area contributed by atoms with Gasteiger partial charge in [0.1, 0.15) is 13.2 Å². The molecule has 1 amide bonds. The summed E-state index contributed by atoms with van der Waals surface area (Å²) in [5, 5.41) is 0.445. The number of nitrogens with zero attached hydrogens (tertiary/aromatic N) is 1. The number of carbonyl (C=O) groups is 1. The molecule has 5 heteroatoms. The first kappa shape index (κ1) is 15.5. The smallest absolute Gasteiger partial charge is 0.254 e. The van der Waals surface area contributed by atoms with Crippen LogP contribution in [0.2, 0.25) is 5.02 Å². The fourth-order valence-electron chi connectivity index (χ4n) is 3.36. The van der Waals surface area contributed by atoms with Gasteiger partial charge in [-0.1, -0.05) is 30.9 Å². The largest absolute Gasteiger partial charge is 0.486 e. The topological polar surface area (TPSA) is 38.8 Å². The Labute approximate surface area is 136 Å². The summed E-state index contributed by atoms with van der Waals surface area (Å²) in [6.07, 6.45) is 5.88. The van der Waals surface area contributed by atoms with Crippen molar-refractivity contribution in [1.29, 1.82) is 0 Å². The van der Waals surface area contributed by atoms with Gasteiger partial charge in [0, 0.05) is 18.2 Å². The van der Waals surface area contributed by atoms with Gasteiger partial charge in [-0.2, -0.15) is 0 Å². The molecule has 0 atom stereocenters. The molecule has 120 valence electrons. The highest BCUT2D eigenvalue weighted by molar-refractivity contribution is 6.32. The molecule has 0 aromatic heterocycles. The van der Waals surface area contributed by atoms with Crippen molar-refractivity contribution in [2.75, 3.05) is 19.8 Å². The predicted molar refractivity (Wildman–Crippen MR) is 86.0 cm³/mol. The maximum absolute atomic E-state index is 12.9. The second kappa shape index (κ2) is 6.78. The van der Waals surface area contributed by atoms with E-state index in [0.717, 1.165) is 19.4 Å². The van der Waals surface area contributed by atoms with Gasteiger partial charge >= 0.3 is 0 Å². The lowest BCUT2D eigenvalue weighted by Crippen LogP contribution is -2.41. The average Bonchev–Trinajstić information content (AvgIpc) is 2.56. The molecule has 1 fully saturated rings. The second-order valence-corrected chi connectivity index (χ2v) is 6.27. The molecular formula is C17H22ClNO3. The van der Waals surface area contributed by atoms with E-state index in [1.54, 1.807) is 12.1 Å². The van der Waals surface area contributed by atoms with E-state index in [2.05, 4.69) is 0 Å². The van der Waals surface area contributed by atoms with E-state index in [-0.39, 0.29) is 5.91 Å². The Hall–Kier alpha value is -1.42. The van der Waals surface area contributed by atoms with Crippen LogP contribution in [0.1, 0.15) is 49.4 Å². The maximum Gasteiger partial charge on any atom is 0.254 e. The van der Waals surface area contributed by atoms with Crippen LogP contribution in [0, 0.1) is 0 Å². The van der Waals surface area contributed by atoms with Crippen molar-refractivity contribution in [3.63, 3.8) is 0 Å². The number of rotatable bonds is 3. The predicted octanol–water partition coefficient (Wildman–Crippen LogP) is 3.91. The molecule has 4 nitrogen and oxygen atoms in total. The van der Waals surface area contributed by atoms with Crippen molar-refractivity contribution in [1.82, 2.24) is 4.90 Å². The van der Waals surface area contributed by atoms with E-state index >= 15 is 0 Å². The lowest BCUT2D eigenvalue weighted by molar-refractivity contribution is 0.0647. The molecule has 1 aromatic carbocycles. The monoisotopic (exact) mass is 323 g/mol. The van der Waals surface area contributed by atoms with Crippen LogP contribution in [0.25, 0.3) is 0 Å². The number of carbonyl (C=O) groups excluding carboxylic acids is 1. The normalized spacial score (nSPS) is 18.1. The van der Waals surface area contributed by atoms with Gasteiger partial charge in [-0.05, 0) is 31.9 Å². The summed E-state index contributed by atoms with van der Waals surface area (Å²) in [5.74, 6) is 1.15. The van der Waals surface area contributed by atoms with Gasteiger partial charge in [-0.25, -0.2) is 0 Å². The lowest BCUT2D eigenvalue weighted by atomic mass is 9.93. The molecule has 0 saturated heterocycles. The molecule has 2 aliphatic rings. The van der Waals surface area contributed by atoms with Gasteiger partial charge in [0.15, 0.2) is 11.5 Å². The van der Waals surface area contributed by atoms with Crippen LogP contribution in [0.4, 0.5) is 0 Å². The third kappa shape index (κ3) is 3.02. The maximum atomic E-state index is 12.9. The van der Waals surface area contributed by atoms with Crippen molar-refractivity contribution in [2.45, 2.75) is 45.1 Å². The molecule has 22 heavy (non-hydrogen) atoms. The Bertz CT molecular complexity index is 555. The zero-order chi connectivity index (χ0) is 15.5. The Morgan fingerprint density at radius 1 is 1.23 bits per heavy atom. The summed E-state index contributed by atoms with van der Waals surface area (Å²) < 4.78 is 11.1. The number of benzene rings is 1. The standard InChI is InChI=1S/C17H22ClNO3/c1-2-19(13-6-4-3-5-7-13)17(20)12-10-14(18)16-15(11-12)21-8-9-22-16/h10-11,13H,2-9H2,1H3. The van der Waals surface area contributed by atoms with Crippen molar-refractivity contribution < 1.29 is 14.3 Å². The van der Waals surface area contributed by atoms with Gasteiger partial charge in [-0.3, -0.25) is 4.79 Å². The number of halogens is 1. The third-order valence-electron chi connectivity index (χ3n) is 4.46. The van der Waals surface area contributed by atoms with Crippen LogP contribution in [-0.4, -0.2) is 36.6 Å². The first-order valence-electron chi connectivity index (χ1n) is 8.11. The molecule has 1 heterocycles. The average molecular weight is 324 g/mol. The van der Waals surface area contributed by atoms with E-state index in [1.165, 1.54) is 19.3 Å². The number of ether oxygens (including phenoxy) is 2. The van der Waals surface area contributed by atoms with Gasteiger partial charge in [0.05, 0.1) is 5.02 Å². The van der Waals surface area contributed by atoms with E-state index in [1.807, 2.05) is 11.8 Å².